The molecule has 3 aliphatic heterocycles. The Labute approximate surface area is 210 Å². The van der Waals surface area contributed by atoms with Crippen molar-refractivity contribution in [3.8, 4) is 5.69 Å². The van der Waals surface area contributed by atoms with Crippen LogP contribution in [0.25, 0.3) is 22.9 Å². The number of hydrogen-bond donors (Lipinski definition) is 1. The molecule has 37 heavy (non-hydrogen) atoms. The average molecular weight is 503 g/mol. The quantitative estimate of drug-likeness (QED) is 0.453. The van der Waals surface area contributed by atoms with Crippen LogP contribution < -0.4 is 0 Å². The van der Waals surface area contributed by atoms with E-state index < -0.39 is 17.9 Å². The van der Waals surface area contributed by atoms with E-state index in [1.165, 1.54) is 18.5 Å². The van der Waals surface area contributed by atoms with Crippen molar-refractivity contribution in [3.63, 3.8) is 0 Å². The predicted octanol–water partition coefficient (Wildman–Crippen LogP) is 3.09. The summed E-state index contributed by atoms with van der Waals surface area (Å²) >= 11 is 0. The van der Waals surface area contributed by atoms with Gasteiger partial charge in [0.2, 0.25) is 5.84 Å². The lowest BCUT2D eigenvalue weighted by Crippen LogP contribution is -2.66. The van der Waals surface area contributed by atoms with Crippen LogP contribution in [0.4, 0.5) is 4.39 Å². The molecule has 1 atom stereocenters. The zero-order valence-electron chi connectivity index (χ0n) is 19.8. The highest BCUT2D eigenvalue weighted by Crippen LogP contribution is 2.44. The summed E-state index contributed by atoms with van der Waals surface area (Å²) in [5, 5.41) is 14.8. The Bertz CT molecular complexity index is 1570. The first-order valence-electron chi connectivity index (χ1n) is 11.8. The lowest BCUT2D eigenvalue weighted by molar-refractivity contribution is -0.223. The molecule has 7 rings (SSSR count). The van der Waals surface area contributed by atoms with Gasteiger partial charge < -0.3 is 33.3 Å². The molecular weight excluding hydrogens is 481 g/mol. The van der Waals surface area contributed by atoms with E-state index in [0.717, 1.165) is 16.9 Å². The molecule has 0 saturated carbocycles. The Hall–Kier alpha value is -4.22. The van der Waals surface area contributed by atoms with Crippen LogP contribution in [0, 0.1) is 12.7 Å². The van der Waals surface area contributed by atoms with Gasteiger partial charge in [-0.3, -0.25) is 0 Å². The summed E-state index contributed by atoms with van der Waals surface area (Å²) in [5.41, 5.74) is 2.30. The van der Waals surface area contributed by atoms with Crippen molar-refractivity contribution in [2.24, 2.45) is 5.16 Å². The number of nitrogens with zero attached hydrogens (tertiary/aromatic N) is 5. The Morgan fingerprint density at radius 1 is 1.14 bits per heavy atom. The fourth-order valence-electron chi connectivity index (χ4n) is 5.04. The summed E-state index contributed by atoms with van der Waals surface area (Å²) < 4.78 is 33.2. The molecule has 5 heterocycles. The molecule has 0 aliphatic carbocycles. The smallest absolute Gasteiger partial charge is 0.260 e. The molecule has 3 aliphatic rings. The number of aliphatic hydroxyl groups is 1. The Kier molecular flexibility index (Phi) is 4.69. The molecule has 11 heteroatoms. The minimum atomic E-state index is -1.32. The summed E-state index contributed by atoms with van der Waals surface area (Å²) in [6.45, 7) is 2.64. The summed E-state index contributed by atoms with van der Waals surface area (Å²) in [5.74, 6) is 0.484. The maximum atomic E-state index is 13.7. The van der Waals surface area contributed by atoms with Crippen LogP contribution in [0.1, 0.15) is 16.8 Å². The molecule has 188 valence electrons. The fourth-order valence-corrected chi connectivity index (χ4v) is 5.04. The van der Waals surface area contributed by atoms with Crippen LogP contribution in [0.2, 0.25) is 0 Å². The number of aryl methyl sites for hydroxylation is 1. The molecule has 2 saturated heterocycles. The minimum Gasteiger partial charge on any atom is -0.477 e. The Balaban J connectivity index is 1.32. The van der Waals surface area contributed by atoms with Crippen molar-refractivity contribution in [2.45, 2.75) is 18.2 Å². The molecule has 0 radical (unpaired) electrons. The van der Waals surface area contributed by atoms with Crippen LogP contribution in [0.15, 0.2) is 70.6 Å². The molecule has 2 aromatic carbocycles. The highest BCUT2D eigenvalue weighted by Gasteiger charge is 2.58. The summed E-state index contributed by atoms with van der Waals surface area (Å²) in [4.78, 5) is 16.5. The van der Waals surface area contributed by atoms with E-state index in [9.17, 15) is 9.50 Å². The monoisotopic (exact) mass is 503 g/mol. The van der Waals surface area contributed by atoms with E-state index in [4.69, 9.17) is 18.7 Å². The number of fused-ring (bicyclic) bond motifs is 2. The normalized spacial score (nSPS) is 23.1. The predicted molar refractivity (Wildman–Crippen MR) is 129 cm³/mol. The molecule has 4 aromatic rings. The van der Waals surface area contributed by atoms with Crippen LogP contribution in [0.3, 0.4) is 0 Å². The largest absolute Gasteiger partial charge is 0.477 e. The van der Waals surface area contributed by atoms with Gasteiger partial charge in [0.25, 0.3) is 5.72 Å². The van der Waals surface area contributed by atoms with Gasteiger partial charge in [0.05, 0.1) is 37.5 Å². The van der Waals surface area contributed by atoms with Gasteiger partial charge in [0.15, 0.2) is 23.3 Å². The first-order chi connectivity index (χ1) is 18.0. The maximum absolute atomic E-state index is 13.7. The number of aromatic nitrogens is 3. The highest BCUT2D eigenvalue weighted by molar-refractivity contribution is 6.03. The van der Waals surface area contributed by atoms with Crippen molar-refractivity contribution in [3.05, 3.63) is 83.7 Å². The standard InChI is InChI=1S/C26H22FN5O5/c1-16-9-31(14-28-16)20-7-2-17(22-23(20)35-15-29-22)8-21-24-30-37-26(11-33,18-3-5-19(27)6-4-18)32(24)10-25(36-21)12-34-13-25/h2-9,14-15,33H,10-13H2,1H3/b21-8-. The highest BCUT2D eigenvalue weighted by atomic mass is 19.1. The third-order valence-electron chi connectivity index (χ3n) is 6.98. The molecule has 0 amide bonds. The number of rotatable bonds is 4. The van der Waals surface area contributed by atoms with Crippen LogP contribution in [0.5, 0.6) is 0 Å². The second-order valence-electron chi connectivity index (χ2n) is 9.45. The van der Waals surface area contributed by atoms with Crippen molar-refractivity contribution in [1.82, 2.24) is 19.4 Å². The van der Waals surface area contributed by atoms with E-state index >= 15 is 0 Å². The summed E-state index contributed by atoms with van der Waals surface area (Å²) in [6.07, 6.45) is 6.87. The molecule has 2 aromatic heterocycles. The topological polar surface area (TPSA) is 107 Å². The van der Waals surface area contributed by atoms with Crippen LogP contribution in [-0.2, 0) is 20.0 Å². The number of oxime groups is 1. The number of hydrogen-bond acceptors (Lipinski definition) is 9. The molecule has 0 bridgehead atoms. The molecular formula is C26H22FN5O5. The molecule has 1 spiro atoms. The molecule has 1 unspecified atom stereocenters. The first-order valence-corrected chi connectivity index (χ1v) is 11.8. The third-order valence-corrected chi connectivity index (χ3v) is 6.98. The van der Waals surface area contributed by atoms with Gasteiger partial charge in [0, 0.05) is 17.3 Å². The number of halogens is 1. The minimum absolute atomic E-state index is 0.372. The second-order valence-corrected chi connectivity index (χ2v) is 9.45. The summed E-state index contributed by atoms with van der Waals surface area (Å²) in [7, 11) is 0. The fraction of sp³-hybridized carbons (Fsp3) is 0.269. The number of oxazole rings is 1. The zero-order chi connectivity index (χ0) is 25.2. The van der Waals surface area contributed by atoms with Crippen LogP contribution >= 0.6 is 0 Å². The van der Waals surface area contributed by atoms with Gasteiger partial charge >= 0.3 is 0 Å². The number of morpholine rings is 1. The van der Waals surface area contributed by atoms with Gasteiger partial charge in [0.1, 0.15) is 17.9 Å². The second kappa shape index (κ2) is 7.89. The van der Waals surface area contributed by atoms with Gasteiger partial charge in [-0.2, -0.15) is 0 Å². The van der Waals surface area contributed by atoms with Gasteiger partial charge in [-0.1, -0.05) is 11.2 Å². The average Bonchev–Trinajstić information content (AvgIpc) is 3.63. The van der Waals surface area contributed by atoms with E-state index in [0.29, 0.717) is 48.0 Å². The van der Waals surface area contributed by atoms with Crippen molar-refractivity contribution >= 4 is 23.0 Å². The number of ether oxygens (including phenoxy) is 2. The van der Waals surface area contributed by atoms with Crippen LogP contribution in [-0.4, -0.2) is 62.3 Å². The van der Waals surface area contributed by atoms with Crippen molar-refractivity contribution in [1.29, 1.82) is 0 Å². The molecule has 1 N–H and O–H groups in total. The van der Waals surface area contributed by atoms with Gasteiger partial charge in [-0.25, -0.2) is 14.4 Å². The Morgan fingerprint density at radius 2 is 1.97 bits per heavy atom. The van der Waals surface area contributed by atoms with Crippen molar-refractivity contribution < 1.29 is 28.2 Å². The number of aliphatic hydroxyl groups excluding tert-OH is 1. The SMILES string of the molecule is Cc1cn(-c2ccc(/C=C3\OC4(COC4)CN4C3=NOC4(CO)c3ccc(F)cc3)c3ncoc23)cn1. The van der Waals surface area contributed by atoms with E-state index in [2.05, 4.69) is 15.1 Å². The summed E-state index contributed by atoms with van der Waals surface area (Å²) in [6, 6.07) is 9.68. The number of benzene rings is 2. The maximum Gasteiger partial charge on any atom is 0.260 e. The number of imidazole rings is 1. The van der Waals surface area contributed by atoms with E-state index in [1.807, 2.05) is 40.8 Å². The first kappa shape index (κ1) is 22.0. The van der Waals surface area contributed by atoms with Crippen molar-refractivity contribution in [2.75, 3.05) is 26.4 Å². The van der Waals surface area contributed by atoms with Gasteiger partial charge in [-0.15, -0.1) is 0 Å². The van der Waals surface area contributed by atoms with E-state index in [1.54, 1.807) is 18.5 Å². The van der Waals surface area contributed by atoms with E-state index in [-0.39, 0.29) is 5.82 Å². The lowest BCUT2D eigenvalue weighted by atomic mass is 9.93. The van der Waals surface area contributed by atoms with Gasteiger partial charge in [-0.05, 0) is 43.3 Å². The zero-order valence-corrected chi connectivity index (χ0v) is 19.8. The molecule has 2 fully saturated rings. The number of amidine groups is 1. The third kappa shape index (κ3) is 3.27. The lowest BCUT2D eigenvalue weighted by Gasteiger charge is -2.50. The molecule has 10 nitrogen and oxygen atoms in total. The Morgan fingerprint density at radius 3 is 2.68 bits per heavy atom.